The average Bonchev–Trinajstić information content (AvgIpc) is 2.64. The van der Waals surface area contributed by atoms with Gasteiger partial charge in [-0.2, -0.15) is 0 Å². The van der Waals surface area contributed by atoms with Gasteiger partial charge >= 0.3 is 4.87 Å². The highest BCUT2D eigenvalue weighted by Gasteiger charge is 2.13. The summed E-state index contributed by atoms with van der Waals surface area (Å²) in [5.74, 6) is 0.305. The maximum Gasteiger partial charge on any atom is 0.310 e. The minimum atomic E-state index is -0.151. The van der Waals surface area contributed by atoms with Gasteiger partial charge in [0.05, 0.1) is 11.9 Å². The molecule has 0 radical (unpaired) electrons. The Morgan fingerprint density at radius 3 is 2.85 bits per heavy atom. The van der Waals surface area contributed by atoms with Crippen LogP contribution in [0.4, 0.5) is 5.69 Å². The number of thiazole rings is 1. The van der Waals surface area contributed by atoms with Gasteiger partial charge in [0.15, 0.2) is 0 Å². The van der Waals surface area contributed by atoms with E-state index in [1.807, 2.05) is 45.0 Å². The molecule has 2 rings (SSSR count). The molecule has 0 saturated carbocycles. The second kappa shape index (κ2) is 6.05. The third-order valence-electron chi connectivity index (χ3n) is 2.77. The summed E-state index contributed by atoms with van der Waals surface area (Å²) in [6.07, 6.45) is 1.55. The smallest absolute Gasteiger partial charge is 0.310 e. The number of aliphatic imine (C=N–C) groups is 1. The van der Waals surface area contributed by atoms with Gasteiger partial charge in [0.2, 0.25) is 5.88 Å². The molecule has 1 heterocycles. The van der Waals surface area contributed by atoms with Crippen LogP contribution in [0.5, 0.6) is 5.88 Å². The molecule has 5 heteroatoms. The number of aromatic hydroxyl groups is 1. The number of rotatable bonds is 4. The number of aryl methyl sites for hydroxylation is 1. The van der Waals surface area contributed by atoms with Crippen molar-refractivity contribution in [2.45, 2.75) is 27.3 Å². The van der Waals surface area contributed by atoms with E-state index in [0.29, 0.717) is 17.3 Å². The Morgan fingerprint density at radius 2 is 2.20 bits per heavy atom. The van der Waals surface area contributed by atoms with E-state index in [2.05, 4.69) is 4.99 Å². The van der Waals surface area contributed by atoms with Crippen LogP contribution in [0.25, 0.3) is 0 Å². The van der Waals surface area contributed by atoms with Gasteiger partial charge in [-0.05, 0) is 30.5 Å². The van der Waals surface area contributed by atoms with E-state index in [0.717, 1.165) is 22.6 Å². The van der Waals surface area contributed by atoms with Crippen LogP contribution in [0, 0.1) is 12.8 Å². The quantitative estimate of drug-likeness (QED) is 0.878. The highest BCUT2D eigenvalue weighted by atomic mass is 32.1. The molecule has 20 heavy (non-hydrogen) atoms. The third-order valence-corrected chi connectivity index (χ3v) is 3.68. The second-order valence-electron chi connectivity index (χ2n) is 5.16. The summed E-state index contributed by atoms with van der Waals surface area (Å²) in [6, 6.07) is 7.75. The molecule has 0 unspecified atom stereocenters. The van der Waals surface area contributed by atoms with Crippen LogP contribution < -0.4 is 4.87 Å². The van der Waals surface area contributed by atoms with Gasteiger partial charge in [0, 0.05) is 6.54 Å². The van der Waals surface area contributed by atoms with Crippen LogP contribution in [-0.2, 0) is 6.54 Å². The first-order valence-electron chi connectivity index (χ1n) is 6.50. The van der Waals surface area contributed by atoms with Crippen molar-refractivity contribution >= 4 is 23.2 Å². The van der Waals surface area contributed by atoms with Crippen LogP contribution in [0.2, 0.25) is 0 Å². The van der Waals surface area contributed by atoms with Crippen LogP contribution in [0.3, 0.4) is 0 Å². The maximum atomic E-state index is 11.8. The maximum absolute atomic E-state index is 11.8. The van der Waals surface area contributed by atoms with Crippen LogP contribution in [0.1, 0.15) is 24.3 Å². The highest BCUT2D eigenvalue weighted by Crippen LogP contribution is 2.20. The number of benzene rings is 1. The fourth-order valence-corrected chi connectivity index (χ4v) is 2.63. The van der Waals surface area contributed by atoms with Crippen molar-refractivity contribution in [1.29, 1.82) is 0 Å². The van der Waals surface area contributed by atoms with E-state index >= 15 is 0 Å². The molecule has 4 nitrogen and oxygen atoms in total. The largest absolute Gasteiger partial charge is 0.493 e. The first-order chi connectivity index (χ1) is 9.47. The van der Waals surface area contributed by atoms with Crippen molar-refractivity contribution in [1.82, 2.24) is 4.57 Å². The normalized spacial score (nSPS) is 11.6. The standard InChI is InChI=1S/C15H18N2O2S/c1-10(2)9-17-14(18)13(20-15(17)19)8-16-12-6-4-5-11(3)7-12/h4-8,10,18H,9H2,1-3H3. The van der Waals surface area contributed by atoms with E-state index in [9.17, 15) is 9.90 Å². The second-order valence-corrected chi connectivity index (χ2v) is 6.15. The summed E-state index contributed by atoms with van der Waals surface area (Å²) in [5.41, 5.74) is 1.93. The number of aromatic nitrogens is 1. The molecular formula is C15H18N2O2S. The lowest BCUT2D eigenvalue weighted by Gasteiger charge is -2.05. The predicted octanol–water partition coefficient (Wildman–Crippen LogP) is 3.33. The van der Waals surface area contributed by atoms with Gasteiger partial charge in [0.1, 0.15) is 4.88 Å². The number of hydrogen-bond acceptors (Lipinski definition) is 4. The Labute approximate surface area is 122 Å². The van der Waals surface area contributed by atoms with Gasteiger partial charge in [-0.1, -0.05) is 37.3 Å². The Morgan fingerprint density at radius 1 is 1.45 bits per heavy atom. The van der Waals surface area contributed by atoms with Gasteiger partial charge in [0.25, 0.3) is 0 Å². The lowest BCUT2D eigenvalue weighted by molar-refractivity contribution is 0.389. The van der Waals surface area contributed by atoms with Gasteiger partial charge in [-0.15, -0.1) is 0 Å². The summed E-state index contributed by atoms with van der Waals surface area (Å²) in [5, 5.41) is 10.1. The van der Waals surface area contributed by atoms with Gasteiger partial charge < -0.3 is 5.11 Å². The molecule has 1 N–H and O–H groups in total. The summed E-state index contributed by atoms with van der Waals surface area (Å²) in [4.78, 5) is 16.5. The van der Waals surface area contributed by atoms with E-state index in [4.69, 9.17) is 0 Å². The fourth-order valence-electron chi connectivity index (χ4n) is 1.87. The van der Waals surface area contributed by atoms with Gasteiger partial charge in [-0.3, -0.25) is 14.4 Å². The summed E-state index contributed by atoms with van der Waals surface area (Å²) in [6.45, 7) is 6.52. The molecule has 2 aromatic rings. The SMILES string of the molecule is Cc1cccc(N=Cc2sc(=O)n(CC(C)C)c2O)c1. The molecule has 1 aromatic carbocycles. The van der Waals surface area contributed by atoms with Crippen molar-refractivity contribution in [2.24, 2.45) is 10.9 Å². The molecule has 106 valence electrons. The molecule has 0 bridgehead atoms. The van der Waals surface area contributed by atoms with Crippen molar-refractivity contribution in [3.05, 3.63) is 44.4 Å². The molecule has 0 aliphatic heterocycles. The zero-order chi connectivity index (χ0) is 14.7. The molecular weight excluding hydrogens is 272 g/mol. The lowest BCUT2D eigenvalue weighted by atomic mass is 10.2. The van der Waals surface area contributed by atoms with Crippen LogP contribution in [-0.4, -0.2) is 15.9 Å². The Hall–Kier alpha value is -1.88. The first kappa shape index (κ1) is 14.5. The van der Waals surface area contributed by atoms with Crippen LogP contribution in [0.15, 0.2) is 34.1 Å². The van der Waals surface area contributed by atoms with E-state index in [-0.39, 0.29) is 10.8 Å². The molecule has 0 saturated heterocycles. The molecule has 0 aliphatic rings. The minimum Gasteiger partial charge on any atom is -0.493 e. The summed E-state index contributed by atoms with van der Waals surface area (Å²) < 4.78 is 1.40. The first-order valence-corrected chi connectivity index (χ1v) is 7.32. The van der Waals surface area contributed by atoms with E-state index in [1.165, 1.54) is 4.57 Å². The van der Waals surface area contributed by atoms with Crippen molar-refractivity contribution in [2.75, 3.05) is 0 Å². The summed E-state index contributed by atoms with van der Waals surface area (Å²) >= 11 is 1.01. The predicted molar refractivity (Wildman–Crippen MR) is 83.5 cm³/mol. The molecule has 0 fully saturated rings. The number of hydrogen-bond donors (Lipinski definition) is 1. The Kier molecular flexibility index (Phi) is 4.39. The van der Waals surface area contributed by atoms with Crippen LogP contribution >= 0.6 is 11.3 Å². The van der Waals surface area contributed by atoms with E-state index in [1.54, 1.807) is 6.21 Å². The fraction of sp³-hybridized carbons (Fsp3) is 0.333. The minimum absolute atomic E-state index is 0.00473. The van der Waals surface area contributed by atoms with Crippen molar-refractivity contribution in [3.8, 4) is 5.88 Å². The van der Waals surface area contributed by atoms with Gasteiger partial charge in [-0.25, -0.2) is 0 Å². The molecule has 0 amide bonds. The zero-order valence-electron chi connectivity index (χ0n) is 11.8. The molecule has 0 spiro atoms. The average molecular weight is 290 g/mol. The van der Waals surface area contributed by atoms with Crippen molar-refractivity contribution < 1.29 is 5.11 Å². The lowest BCUT2D eigenvalue weighted by Crippen LogP contribution is -2.15. The molecule has 0 aliphatic carbocycles. The zero-order valence-corrected chi connectivity index (χ0v) is 12.6. The van der Waals surface area contributed by atoms with Crippen molar-refractivity contribution in [3.63, 3.8) is 0 Å². The topological polar surface area (TPSA) is 54.6 Å². The Bertz CT molecular complexity index is 683. The van der Waals surface area contributed by atoms with E-state index < -0.39 is 0 Å². The molecule has 1 aromatic heterocycles. The highest BCUT2D eigenvalue weighted by molar-refractivity contribution is 7.11. The monoisotopic (exact) mass is 290 g/mol. The summed E-state index contributed by atoms with van der Waals surface area (Å²) in [7, 11) is 0. The Balaban J connectivity index is 2.28. The number of nitrogens with zero attached hydrogens (tertiary/aromatic N) is 2. The molecule has 0 atom stereocenters. The third kappa shape index (κ3) is 3.36.